The lowest BCUT2D eigenvalue weighted by molar-refractivity contribution is -0.115. The lowest BCUT2D eigenvalue weighted by atomic mass is 10.2. The zero-order chi connectivity index (χ0) is 16.7. The van der Waals surface area contributed by atoms with Crippen LogP contribution in [0.5, 0.6) is 0 Å². The van der Waals surface area contributed by atoms with Gasteiger partial charge in [0.25, 0.3) is 0 Å². The first-order valence-corrected chi connectivity index (χ1v) is 8.76. The molecule has 1 heterocycles. The highest BCUT2D eigenvalue weighted by molar-refractivity contribution is 8.00. The van der Waals surface area contributed by atoms with Crippen molar-refractivity contribution in [2.75, 3.05) is 30.8 Å². The summed E-state index contributed by atoms with van der Waals surface area (Å²) < 4.78 is 5.60. The predicted octanol–water partition coefficient (Wildman–Crippen LogP) is 2.30. The number of urea groups is 1. The molecule has 0 spiro atoms. The van der Waals surface area contributed by atoms with Gasteiger partial charge in [-0.15, -0.1) is 11.8 Å². The van der Waals surface area contributed by atoms with E-state index in [1.807, 2.05) is 31.2 Å². The summed E-state index contributed by atoms with van der Waals surface area (Å²) in [6, 6.07) is 7.24. The Bertz CT molecular complexity index is 547. The van der Waals surface area contributed by atoms with E-state index in [-0.39, 0.29) is 23.8 Å². The standard InChI is InChI=1S/C16H23N3O3S/c1-2-19(10-12-6-5-9-22-12)16(21)18-13-7-3-4-8-14(13)23-11-15(17)20/h3-4,7-8,12H,2,5-6,9-11H2,1H3,(H2,17,20)(H,18,21). The van der Waals surface area contributed by atoms with Gasteiger partial charge in [-0.3, -0.25) is 4.79 Å². The number of nitrogens with two attached hydrogens (primary N) is 1. The topological polar surface area (TPSA) is 84.7 Å². The number of carbonyl (C=O) groups excluding carboxylic acids is 2. The Morgan fingerprint density at radius 2 is 2.22 bits per heavy atom. The minimum absolute atomic E-state index is 0.125. The maximum absolute atomic E-state index is 12.5. The molecular weight excluding hydrogens is 314 g/mol. The number of para-hydroxylation sites is 1. The number of hydrogen-bond donors (Lipinski definition) is 2. The maximum Gasteiger partial charge on any atom is 0.321 e. The van der Waals surface area contributed by atoms with Crippen molar-refractivity contribution in [3.63, 3.8) is 0 Å². The SMILES string of the molecule is CCN(CC1CCCO1)C(=O)Nc1ccccc1SCC(N)=O. The molecule has 23 heavy (non-hydrogen) atoms. The van der Waals surface area contributed by atoms with Gasteiger partial charge in [0.05, 0.1) is 17.5 Å². The quantitative estimate of drug-likeness (QED) is 0.748. The van der Waals surface area contributed by atoms with Crippen LogP contribution in [0.3, 0.4) is 0 Å². The molecule has 7 heteroatoms. The van der Waals surface area contributed by atoms with Gasteiger partial charge in [-0.25, -0.2) is 4.79 Å². The summed E-state index contributed by atoms with van der Waals surface area (Å²) in [6.45, 7) is 3.93. The Hall–Kier alpha value is -1.73. The first-order valence-electron chi connectivity index (χ1n) is 7.77. The molecule has 0 radical (unpaired) electrons. The number of benzene rings is 1. The molecule has 1 aromatic carbocycles. The van der Waals surface area contributed by atoms with E-state index in [1.54, 1.807) is 4.90 Å². The molecule has 1 aromatic rings. The number of carbonyl (C=O) groups is 2. The second kappa shape index (κ2) is 8.79. The molecular formula is C16H23N3O3S. The van der Waals surface area contributed by atoms with E-state index in [9.17, 15) is 9.59 Å². The molecule has 3 N–H and O–H groups in total. The Kier molecular flexibility index (Phi) is 6.73. The number of ether oxygens (including phenoxy) is 1. The van der Waals surface area contributed by atoms with E-state index in [1.165, 1.54) is 11.8 Å². The van der Waals surface area contributed by atoms with Gasteiger partial charge in [-0.1, -0.05) is 12.1 Å². The van der Waals surface area contributed by atoms with Crippen molar-refractivity contribution < 1.29 is 14.3 Å². The molecule has 0 aromatic heterocycles. The second-order valence-electron chi connectivity index (χ2n) is 5.35. The van der Waals surface area contributed by atoms with Crippen LogP contribution < -0.4 is 11.1 Å². The van der Waals surface area contributed by atoms with Crippen molar-refractivity contribution in [2.45, 2.75) is 30.8 Å². The number of hydrogen-bond acceptors (Lipinski definition) is 4. The zero-order valence-electron chi connectivity index (χ0n) is 13.3. The van der Waals surface area contributed by atoms with Crippen LogP contribution in [0.1, 0.15) is 19.8 Å². The van der Waals surface area contributed by atoms with Crippen LogP contribution in [0.25, 0.3) is 0 Å². The van der Waals surface area contributed by atoms with Crippen molar-refractivity contribution in [2.24, 2.45) is 5.73 Å². The van der Waals surface area contributed by atoms with Crippen LogP contribution in [0.15, 0.2) is 29.2 Å². The monoisotopic (exact) mass is 337 g/mol. The van der Waals surface area contributed by atoms with Gasteiger partial charge >= 0.3 is 6.03 Å². The Labute approximate surface area is 140 Å². The van der Waals surface area contributed by atoms with Crippen LogP contribution in [0.2, 0.25) is 0 Å². The smallest absolute Gasteiger partial charge is 0.321 e. The Morgan fingerprint density at radius 1 is 1.43 bits per heavy atom. The number of nitrogens with zero attached hydrogens (tertiary/aromatic N) is 1. The molecule has 0 saturated carbocycles. The summed E-state index contributed by atoms with van der Waals surface area (Å²) in [5.74, 6) is -0.204. The molecule has 1 aliphatic heterocycles. The third kappa shape index (κ3) is 5.44. The number of thioether (sulfide) groups is 1. The number of amides is 3. The maximum atomic E-state index is 12.5. The molecule has 0 aliphatic carbocycles. The van der Waals surface area contributed by atoms with Gasteiger partial charge in [0.2, 0.25) is 5.91 Å². The van der Waals surface area contributed by atoms with Crippen LogP contribution in [-0.2, 0) is 9.53 Å². The summed E-state index contributed by atoms with van der Waals surface area (Å²) >= 11 is 1.32. The van der Waals surface area contributed by atoms with E-state index < -0.39 is 0 Å². The summed E-state index contributed by atoms with van der Waals surface area (Å²) in [6.07, 6.45) is 2.17. The molecule has 3 amide bonds. The van der Waals surface area contributed by atoms with Crippen LogP contribution in [-0.4, -0.2) is 48.4 Å². The summed E-state index contributed by atoms with van der Waals surface area (Å²) in [7, 11) is 0. The number of likely N-dealkylation sites (N-methyl/N-ethyl adjacent to an activating group) is 1. The van der Waals surface area contributed by atoms with E-state index in [0.717, 1.165) is 24.3 Å². The molecule has 1 saturated heterocycles. The fourth-order valence-electron chi connectivity index (χ4n) is 2.43. The number of anilines is 1. The Morgan fingerprint density at radius 3 is 2.87 bits per heavy atom. The molecule has 126 valence electrons. The molecule has 1 aliphatic rings. The van der Waals surface area contributed by atoms with Crippen LogP contribution >= 0.6 is 11.8 Å². The van der Waals surface area contributed by atoms with E-state index in [4.69, 9.17) is 10.5 Å². The minimum atomic E-state index is -0.385. The van der Waals surface area contributed by atoms with Crippen LogP contribution in [0.4, 0.5) is 10.5 Å². The molecule has 2 rings (SSSR count). The lowest BCUT2D eigenvalue weighted by Crippen LogP contribution is -2.40. The van der Waals surface area contributed by atoms with Gasteiger partial charge in [-0.2, -0.15) is 0 Å². The zero-order valence-corrected chi connectivity index (χ0v) is 14.1. The third-order valence-corrected chi connectivity index (χ3v) is 4.71. The van der Waals surface area contributed by atoms with Gasteiger partial charge < -0.3 is 20.7 Å². The average Bonchev–Trinajstić information content (AvgIpc) is 3.04. The molecule has 6 nitrogen and oxygen atoms in total. The highest BCUT2D eigenvalue weighted by atomic mass is 32.2. The fraction of sp³-hybridized carbons (Fsp3) is 0.500. The normalized spacial score (nSPS) is 17.0. The second-order valence-corrected chi connectivity index (χ2v) is 6.37. The van der Waals surface area contributed by atoms with Gasteiger partial charge in [0.15, 0.2) is 0 Å². The van der Waals surface area contributed by atoms with E-state index in [0.29, 0.717) is 18.8 Å². The number of nitrogens with one attached hydrogen (secondary N) is 1. The summed E-state index contributed by atoms with van der Waals surface area (Å²) in [5.41, 5.74) is 5.87. The van der Waals surface area contributed by atoms with Crippen molar-refractivity contribution >= 4 is 29.4 Å². The minimum Gasteiger partial charge on any atom is -0.376 e. The lowest BCUT2D eigenvalue weighted by Gasteiger charge is -2.24. The largest absolute Gasteiger partial charge is 0.376 e. The molecule has 0 bridgehead atoms. The Balaban J connectivity index is 1.98. The molecule has 1 fully saturated rings. The van der Waals surface area contributed by atoms with E-state index in [2.05, 4.69) is 5.32 Å². The number of primary amides is 1. The first-order chi connectivity index (χ1) is 11.1. The van der Waals surface area contributed by atoms with Crippen molar-refractivity contribution in [1.82, 2.24) is 4.90 Å². The van der Waals surface area contributed by atoms with Gasteiger partial charge in [0.1, 0.15) is 0 Å². The van der Waals surface area contributed by atoms with Gasteiger partial charge in [-0.05, 0) is 31.9 Å². The van der Waals surface area contributed by atoms with Gasteiger partial charge in [0, 0.05) is 24.6 Å². The fourth-order valence-corrected chi connectivity index (χ4v) is 3.18. The third-order valence-electron chi connectivity index (χ3n) is 3.62. The van der Waals surface area contributed by atoms with Crippen molar-refractivity contribution in [3.8, 4) is 0 Å². The summed E-state index contributed by atoms with van der Waals surface area (Å²) in [4.78, 5) is 26.0. The van der Waals surface area contributed by atoms with Crippen molar-refractivity contribution in [1.29, 1.82) is 0 Å². The summed E-state index contributed by atoms with van der Waals surface area (Å²) in [5, 5.41) is 2.92. The highest BCUT2D eigenvalue weighted by Crippen LogP contribution is 2.27. The average molecular weight is 337 g/mol. The van der Waals surface area contributed by atoms with E-state index >= 15 is 0 Å². The van der Waals surface area contributed by atoms with Crippen LogP contribution in [0, 0.1) is 0 Å². The first kappa shape index (κ1) is 17.6. The number of rotatable bonds is 7. The molecule has 1 atom stereocenters. The van der Waals surface area contributed by atoms with Crippen molar-refractivity contribution in [3.05, 3.63) is 24.3 Å². The predicted molar refractivity (Wildman–Crippen MR) is 91.6 cm³/mol. The highest BCUT2D eigenvalue weighted by Gasteiger charge is 2.22. The molecule has 1 unspecified atom stereocenters.